The van der Waals surface area contributed by atoms with Crippen LogP contribution >= 0.6 is 0 Å². The van der Waals surface area contributed by atoms with Crippen molar-refractivity contribution in [2.75, 3.05) is 5.73 Å². The molecule has 0 fully saturated rings. The van der Waals surface area contributed by atoms with Gasteiger partial charge < -0.3 is 10.5 Å². The standard InChI is InChI=1S/C16H14N2O/c17-16-12-5-1-2-6-14(12)18-15-8-7-11(4-3-9-19)10-13(15)16/h1-2,5-10H,3-4H2,(H2,17,18). The number of nitrogen functional groups attached to an aromatic ring is 1. The number of anilines is 1. The van der Waals surface area contributed by atoms with Crippen LogP contribution in [0, 0.1) is 0 Å². The molecule has 0 spiro atoms. The second-order valence-electron chi connectivity index (χ2n) is 4.60. The number of hydrogen-bond donors (Lipinski definition) is 1. The molecule has 0 saturated heterocycles. The molecule has 2 aromatic carbocycles. The molecule has 3 aromatic rings. The average Bonchev–Trinajstić information content (AvgIpc) is 2.46. The Bertz CT molecular complexity index is 765. The van der Waals surface area contributed by atoms with E-state index in [0.29, 0.717) is 6.42 Å². The Balaban J connectivity index is 2.24. The van der Waals surface area contributed by atoms with Gasteiger partial charge in [-0.05, 0) is 30.2 Å². The van der Waals surface area contributed by atoms with Gasteiger partial charge in [-0.1, -0.05) is 24.3 Å². The first-order chi connectivity index (χ1) is 9.29. The van der Waals surface area contributed by atoms with E-state index in [-0.39, 0.29) is 0 Å². The summed E-state index contributed by atoms with van der Waals surface area (Å²) >= 11 is 0. The Labute approximate surface area is 111 Å². The first-order valence-electron chi connectivity index (χ1n) is 6.30. The molecule has 1 heterocycles. The van der Waals surface area contributed by atoms with Gasteiger partial charge in [-0.25, -0.2) is 4.98 Å². The summed E-state index contributed by atoms with van der Waals surface area (Å²) in [5.74, 6) is 0. The summed E-state index contributed by atoms with van der Waals surface area (Å²) in [7, 11) is 0. The molecule has 3 rings (SSSR count). The molecule has 1 aromatic heterocycles. The van der Waals surface area contributed by atoms with Crippen molar-refractivity contribution in [2.45, 2.75) is 12.8 Å². The third kappa shape index (κ3) is 2.03. The summed E-state index contributed by atoms with van der Waals surface area (Å²) in [5, 5.41) is 1.93. The zero-order valence-corrected chi connectivity index (χ0v) is 10.5. The van der Waals surface area contributed by atoms with Gasteiger partial charge in [0.25, 0.3) is 0 Å². The van der Waals surface area contributed by atoms with Crippen molar-refractivity contribution in [3.05, 3.63) is 48.0 Å². The summed E-state index contributed by atoms with van der Waals surface area (Å²) < 4.78 is 0. The van der Waals surface area contributed by atoms with E-state index in [1.54, 1.807) is 0 Å². The fourth-order valence-corrected chi connectivity index (χ4v) is 2.35. The summed E-state index contributed by atoms with van der Waals surface area (Å²) in [4.78, 5) is 15.1. The van der Waals surface area contributed by atoms with Gasteiger partial charge in [0.1, 0.15) is 6.29 Å². The molecule has 0 radical (unpaired) electrons. The molecule has 3 heteroatoms. The molecule has 94 valence electrons. The van der Waals surface area contributed by atoms with Crippen LogP contribution in [-0.4, -0.2) is 11.3 Å². The molecular formula is C16H14N2O. The summed E-state index contributed by atoms with van der Waals surface area (Å²) in [6.45, 7) is 0. The zero-order valence-electron chi connectivity index (χ0n) is 10.5. The highest BCUT2D eigenvalue weighted by Crippen LogP contribution is 2.28. The maximum absolute atomic E-state index is 10.4. The number of nitrogens with zero attached hydrogens (tertiary/aromatic N) is 1. The quantitative estimate of drug-likeness (QED) is 0.574. The van der Waals surface area contributed by atoms with Crippen molar-refractivity contribution in [1.82, 2.24) is 4.98 Å². The van der Waals surface area contributed by atoms with E-state index in [2.05, 4.69) is 4.98 Å². The lowest BCUT2D eigenvalue weighted by Gasteiger charge is -2.08. The minimum Gasteiger partial charge on any atom is -0.398 e. The van der Waals surface area contributed by atoms with Gasteiger partial charge in [0.2, 0.25) is 0 Å². The Hall–Kier alpha value is -2.42. The number of benzene rings is 2. The van der Waals surface area contributed by atoms with Gasteiger partial charge in [-0.15, -0.1) is 0 Å². The molecule has 0 aliphatic heterocycles. The molecule has 0 atom stereocenters. The second-order valence-corrected chi connectivity index (χ2v) is 4.60. The van der Waals surface area contributed by atoms with Gasteiger partial charge >= 0.3 is 0 Å². The van der Waals surface area contributed by atoms with Crippen LogP contribution in [0.1, 0.15) is 12.0 Å². The summed E-state index contributed by atoms with van der Waals surface area (Å²) in [5.41, 5.74) is 9.92. The van der Waals surface area contributed by atoms with E-state index in [1.807, 2.05) is 42.5 Å². The monoisotopic (exact) mass is 250 g/mol. The number of carbonyl (C=O) groups excluding carboxylic acids is 1. The number of aryl methyl sites for hydroxylation is 1. The highest BCUT2D eigenvalue weighted by atomic mass is 16.1. The SMILES string of the molecule is Nc1c2ccccc2nc2ccc(CCC=O)cc12. The number of aromatic nitrogens is 1. The van der Waals surface area contributed by atoms with Crippen molar-refractivity contribution >= 4 is 33.8 Å². The topological polar surface area (TPSA) is 56.0 Å². The van der Waals surface area contributed by atoms with E-state index in [0.717, 1.165) is 45.8 Å². The highest BCUT2D eigenvalue weighted by molar-refractivity contribution is 6.06. The third-order valence-corrected chi connectivity index (χ3v) is 3.34. The molecule has 0 bridgehead atoms. The number of fused-ring (bicyclic) bond motifs is 2. The largest absolute Gasteiger partial charge is 0.398 e. The molecule has 0 amide bonds. The van der Waals surface area contributed by atoms with Crippen LogP contribution in [0.4, 0.5) is 5.69 Å². The Morgan fingerprint density at radius 2 is 1.84 bits per heavy atom. The first-order valence-corrected chi connectivity index (χ1v) is 6.30. The first kappa shape index (κ1) is 11.7. The Kier molecular flexibility index (Phi) is 2.88. The number of para-hydroxylation sites is 1. The van der Waals surface area contributed by atoms with Gasteiger partial charge in [0, 0.05) is 17.2 Å². The minimum absolute atomic E-state index is 0.534. The predicted octanol–water partition coefficient (Wildman–Crippen LogP) is 3.10. The maximum atomic E-state index is 10.4. The number of carbonyl (C=O) groups is 1. The number of rotatable bonds is 3. The van der Waals surface area contributed by atoms with Crippen LogP contribution in [-0.2, 0) is 11.2 Å². The van der Waals surface area contributed by atoms with E-state index < -0.39 is 0 Å². The Morgan fingerprint density at radius 1 is 1.05 bits per heavy atom. The normalized spacial score (nSPS) is 10.9. The predicted molar refractivity (Wildman–Crippen MR) is 78.0 cm³/mol. The lowest BCUT2D eigenvalue weighted by Crippen LogP contribution is -1.94. The van der Waals surface area contributed by atoms with Crippen LogP contribution in [0.3, 0.4) is 0 Å². The van der Waals surface area contributed by atoms with E-state index in [1.165, 1.54) is 0 Å². The van der Waals surface area contributed by atoms with Crippen LogP contribution in [0.15, 0.2) is 42.5 Å². The lowest BCUT2D eigenvalue weighted by molar-refractivity contribution is -0.107. The average molecular weight is 250 g/mol. The van der Waals surface area contributed by atoms with Gasteiger partial charge in [0.15, 0.2) is 0 Å². The van der Waals surface area contributed by atoms with E-state index in [9.17, 15) is 4.79 Å². The number of aldehydes is 1. The minimum atomic E-state index is 0.534. The zero-order chi connectivity index (χ0) is 13.2. The lowest BCUT2D eigenvalue weighted by atomic mass is 10.0. The summed E-state index contributed by atoms with van der Waals surface area (Å²) in [6, 6.07) is 13.9. The van der Waals surface area contributed by atoms with Gasteiger partial charge in [0.05, 0.1) is 16.7 Å². The van der Waals surface area contributed by atoms with Crippen molar-refractivity contribution in [2.24, 2.45) is 0 Å². The molecule has 0 unspecified atom stereocenters. The van der Waals surface area contributed by atoms with Crippen LogP contribution < -0.4 is 5.73 Å². The third-order valence-electron chi connectivity index (χ3n) is 3.34. The Morgan fingerprint density at radius 3 is 2.68 bits per heavy atom. The molecular weight excluding hydrogens is 236 g/mol. The van der Waals surface area contributed by atoms with Crippen molar-refractivity contribution in [3.63, 3.8) is 0 Å². The molecule has 2 N–H and O–H groups in total. The molecule has 3 nitrogen and oxygen atoms in total. The van der Waals surface area contributed by atoms with Gasteiger partial charge in [-0.2, -0.15) is 0 Å². The molecule has 0 aliphatic carbocycles. The smallest absolute Gasteiger partial charge is 0.120 e. The molecule has 0 saturated carbocycles. The number of hydrogen-bond acceptors (Lipinski definition) is 3. The van der Waals surface area contributed by atoms with Crippen LogP contribution in [0.2, 0.25) is 0 Å². The van der Waals surface area contributed by atoms with Crippen molar-refractivity contribution < 1.29 is 4.79 Å². The van der Waals surface area contributed by atoms with E-state index in [4.69, 9.17) is 5.73 Å². The van der Waals surface area contributed by atoms with Crippen LogP contribution in [0.5, 0.6) is 0 Å². The maximum Gasteiger partial charge on any atom is 0.120 e. The van der Waals surface area contributed by atoms with E-state index >= 15 is 0 Å². The number of nitrogens with two attached hydrogens (primary N) is 1. The molecule has 0 aliphatic rings. The number of pyridine rings is 1. The fraction of sp³-hybridized carbons (Fsp3) is 0.125. The van der Waals surface area contributed by atoms with Gasteiger partial charge in [-0.3, -0.25) is 0 Å². The summed E-state index contributed by atoms with van der Waals surface area (Å²) in [6.07, 6.45) is 2.21. The second kappa shape index (κ2) is 4.69. The van der Waals surface area contributed by atoms with Crippen molar-refractivity contribution in [1.29, 1.82) is 0 Å². The van der Waals surface area contributed by atoms with Crippen LogP contribution in [0.25, 0.3) is 21.8 Å². The highest BCUT2D eigenvalue weighted by Gasteiger charge is 2.06. The van der Waals surface area contributed by atoms with Crippen molar-refractivity contribution in [3.8, 4) is 0 Å². The molecule has 19 heavy (non-hydrogen) atoms. The fourth-order valence-electron chi connectivity index (χ4n) is 2.35.